The van der Waals surface area contributed by atoms with Crippen molar-refractivity contribution in [2.75, 3.05) is 6.26 Å². The number of hydrogen-bond acceptors (Lipinski definition) is 6. The number of esters is 2. The van der Waals surface area contributed by atoms with E-state index in [1.165, 1.54) is 26.0 Å². The Balaban J connectivity index is 2.28. The van der Waals surface area contributed by atoms with Crippen LogP contribution in [-0.4, -0.2) is 29.9 Å². The molecule has 0 aliphatic carbocycles. The molecule has 2 rings (SSSR count). The lowest BCUT2D eigenvalue weighted by Gasteiger charge is -2.30. The zero-order valence-corrected chi connectivity index (χ0v) is 14.2. The summed E-state index contributed by atoms with van der Waals surface area (Å²) in [4.78, 5) is 36.2. The second kappa shape index (κ2) is 6.64. The highest BCUT2D eigenvalue weighted by molar-refractivity contribution is 8.02. The van der Waals surface area contributed by atoms with Crippen LogP contribution in [0.3, 0.4) is 0 Å². The van der Waals surface area contributed by atoms with Crippen LogP contribution >= 0.6 is 23.4 Å². The summed E-state index contributed by atoms with van der Waals surface area (Å²) < 4.78 is 10.0. The summed E-state index contributed by atoms with van der Waals surface area (Å²) in [7, 11) is 0. The average Bonchev–Trinajstić information content (AvgIpc) is 2.44. The van der Waals surface area contributed by atoms with E-state index in [-0.39, 0.29) is 10.6 Å². The summed E-state index contributed by atoms with van der Waals surface area (Å²) in [5.41, 5.74) is -0.00133. The number of hydrogen-bond donors (Lipinski definition) is 1. The molecule has 122 valence electrons. The number of amides is 1. The molecule has 1 amide bonds. The molecule has 1 aliphatic rings. The van der Waals surface area contributed by atoms with Crippen molar-refractivity contribution in [1.29, 1.82) is 0 Å². The number of thioether (sulfide) groups is 1. The molecular weight excluding hydrogens is 342 g/mol. The predicted octanol–water partition coefficient (Wildman–Crippen LogP) is 2.48. The van der Waals surface area contributed by atoms with E-state index in [0.29, 0.717) is 10.6 Å². The monoisotopic (exact) mass is 355 g/mol. The van der Waals surface area contributed by atoms with Crippen LogP contribution in [0.5, 0.6) is 0 Å². The second-order valence-corrected chi connectivity index (χ2v) is 6.30. The van der Waals surface area contributed by atoms with E-state index in [4.69, 9.17) is 21.1 Å². The van der Waals surface area contributed by atoms with Gasteiger partial charge in [0.25, 0.3) is 11.7 Å². The second-order valence-electron chi connectivity index (χ2n) is 5.05. The minimum Gasteiger partial charge on any atom is -0.419 e. The molecule has 1 aromatic carbocycles. The molecule has 1 aromatic rings. The van der Waals surface area contributed by atoms with Crippen molar-refractivity contribution in [3.8, 4) is 0 Å². The average molecular weight is 356 g/mol. The molecule has 6 nitrogen and oxygen atoms in total. The normalized spacial score (nSPS) is 16.4. The molecule has 0 bridgehead atoms. The van der Waals surface area contributed by atoms with Gasteiger partial charge in [0.05, 0.1) is 5.03 Å². The maximum absolute atomic E-state index is 12.2. The lowest BCUT2D eigenvalue weighted by molar-refractivity contribution is -0.222. The third kappa shape index (κ3) is 4.05. The molecule has 1 fully saturated rings. The largest absolute Gasteiger partial charge is 0.419 e. The van der Waals surface area contributed by atoms with Crippen LogP contribution in [-0.2, 0) is 19.1 Å². The van der Waals surface area contributed by atoms with Gasteiger partial charge in [-0.25, -0.2) is 9.59 Å². The SMILES string of the molecule is CSC(NC(=O)c1ccc(Cl)cc1)=C1C(=O)OC(C)(C)OC1=O. The maximum atomic E-state index is 12.2. The number of carbonyl (C=O) groups is 3. The van der Waals surface area contributed by atoms with Crippen LogP contribution in [0.25, 0.3) is 0 Å². The van der Waals surface area contributed by atoms with Gasteiger partial charge in [0.15, 0.2) is 5.57 Å². The third-order valence-electron chi connectivity index (χ3n) is 2.85. The van der Waals surface area contributed by atoms with Gasteiger partial charge in [-0.15, -0.1) is 11.8 Å². The summed E-state index contributed by atoms with van der Waals surface area (Å²) in [5.74, 6) is -3.50. The summed E-state index contributed by atoms with van der Waals surface area (Å²) in [6.07, 6.45) is 1.62. The smallest absolute Gasteiger partial charge is 0.351 e. The van der Waals surface area contributed by atoms with Crippen molar-refractivity contribution in [1.82, 2.24) is 5.32 Å². The van der Waals surface area contributed by atoms with E-state index in [2.05, 4.69) is 5.32 Å². The molecule has 8 heteroatoms. The molecule has 0 unspecified atom stereocenters. The number of rotatable bonds is 3. The Hall–Kier alpha value is -1.99. The Kier molecular flexibility index (Phi) is 5.01. The summed E-state index contributed by atoms with van der Waals surface area (Å²) >= 11 is 6.80. The van der Waals surface area contributed by atoms with E-state index in [1.54, 1.807) is 18.4 Å². The highest BCUT2D eigenvalue weighted by Crippen LogP contribution is 2.27. The van der Waals surface area contributed by atoms with Crippen LogP contribution in [0.15, 0.2) is 34.9 Å². The zero-order valence-electron chi connectivity index (χ0n) is 12.6. The number of halogens is 1. The van der Waals surface area contributed by atoms with Crippen molar-refractivity contribution in [2.24, 2.45) is 0 Å². The van der Waals surface area contributed by atoms with E-state index in [1.807, 2.05) is 0 Å². The molecule has 1 saturated heterocycles. The van der Waals surface area contributed by atoms with Gasteiger partial charge in [-0.05, 0) is 30.5 Å². The van der Waals surface area contributed by atoms with Crippen LogP contribution < -0.4 is 5.32 Å². The highest BCUT2D eigenvalue weighted by Gasteiger charge is 2.41. The van der Waals surface area contributed by atoms with Gasteiger partial charge in [-0.1, -0.05) is 11.6 Å². The predicted molar refractivity (Wildman–Crippen MR) is 85.7 cm³/mol. The van der Waals surface area contributed by atoms with Gasteiger partial charge in [0, 0.05) is 24.4 Å². The molecule has 0 radical (unpaired) electrons. The molecule has 1 N–H and O–H groups in total. The fraction of sp³-hybridized carbons (Fsp3) is 0.267. The van der Waals surface area contributed by atoms with Crippen molar-refractivity contribution in [2.45, 2.75) is 19.6 Å². The van der Waals surface area contributed by atoms with Gasteiger partial charge in [-0.3, -0.25) is 4.79 Å². The third-order valence-corrected chi connectivity index (χ3v) is 3.82. The van der Waals surface area contributed by atoms with Crippen molar-refractivity contribution < 1.29 is 23.9 Å². The van der Waals surface area contributed by atoms with Gasteiger partial charge in [-0.2, -0.15) is 0 Å². The van der Waals surface area contributed by atoms with Gasteiger partial charge in [0.1, 0.15) is 0 Å². The van der Waals surface area contributed by atoms with Gasteiger partial charge in [0.2, 0.25) is 0 Å². The van der Waals surface area contributed by atoms with E-state index >= 15 is 0 Å². The molecule has 1 aliphatic heterocycles. The maximum Gasteiger partial charge on any atom is 0.351 e. The van der Waals surface area contributed by atoms with Crippen molar-refractivity contribution in [3.63, 3.8) is 0 Å². The lowest BCUT2D eigenvalue weighted by Crippen LogP contribution is -2.43. The number of ether oxygens (including phenoxy) is 2. The first-order chi connectivity index (χ1) is 10.7. The summed E-state index contributed by atoms with van der Waals surface area (Å²) in [6.45, 7) is 2.90. The summed E-state index contributed by atoms with van der Waals surface area (Å²) in [5, 5.41) is 3.08. The fourth-order valence-corrected chi connectivity index (χ4v) is 2.52. The topological polar surface area (TPSA) is 81.7 Å². The Morgan fingerprint density at radius 2 is 1.65 bits per heavy atom. The minimum atomic E-state index is -1.33. The molecule has 0 saturated carbocycles. The molecule has 0 spiro atoms. The molecule has 1 heterocycles. The molecule has 23 heavy (non-hydrogen) atoms. The Bertz CT molecular complexity index is 674. The minimum absolute atomic E-state index is 0.0652. The standard InChI is InChI=1S/C15H14ClNO5S/c1-15(2)21-13(19)10(14(20)22-15)12(23-3)17-11(18)8-4-6-9(16)7-5-8/h4-7H,1-3H3,(H,17,18). The van der Waals surface area contributed by atoms with Crippen LogP contribution in [0, 0.1) is 0 Å². The molecule has 0 atom stereocenters. The Labute approximate surface area is 142 Å². The zero-order chi connectivity index (χ0) is 17.2. The van der Waals surface area contributed by atoms with Crippen LogP contribution in [0.2, 0.25) is 5.02 Å². The van der Waals surface area contributed by atoms with Gasteiger partial charge < -0.3 is 14.8 Å². The number of cyclic esters (lactones) is 2. The first kappa shape index (κ1) is 17.4. The number of nitrogens with one attached hydrogen (secondary N) is 1. The van der Waals surface area contributed by atoms with Crippen molar-refractivity contribution in [3.05, 3.63) is 45.5 Å². The Morgan fingerprint density at radius 1 is 1.13 bits per heavy atom. The first-order valence-electron chi connectivity index (χ1n) is 6.55. The first-order valence-corrected chi connectivity index (χ1v) is 8.15. The van der Waals surface area contributed by atoms with E-state index in [0.717, 1.165) is 11.8 Å². The fourth-order valence-electron chi connectivity index (χ4n) is 1.83. The number of carbonyl (C=O) groups excluding carboxylic acids is 3. The molecular formula is C15H14ClNO5S. The highest BCUT2D eigenvalue weighted by atomic mass is 35.5. The molecule has 0 aromatic heterocycles. The van der Waals surface area contributed by atoms with Crippen molar-refractivity contribution >= 4 is 41.2 Å². The van der Waals surface area contributed by atoms with Gasteiger partial charge >= 0.3 is 11.9 Å². The summed E-state index contributed by atoms with van der Waals surface area (Å²) in [6, 6.07) is 6.18. The van der Waals surface area contributed by atoms with E-state index in [9.17, 15) is 14.4 Å². The lowest BCUT2D eigenvalue weighted by atomic mass is 10.2. The van der Waals surface area contributed by atoms with Crippen LogP contribution in [0.4, 0.5) is 0 Å². The quantitative estimate of drug-likeness (QED) is 0.509. The Morgan fingerprint density at radius 3 is 2.13 bits per heavy atom. The van der Waals surface area contributed by atoms with E-state index < -0.39 is 23.6 Å². The van der Waals surface area contributed by atoms with Crippen LogP contribution in [0.1, 0.15) is 24.2 Å². The number of benzene rings is 1.